The van der Waals surface area contributed by atoms with Crippen molar-refractivity contribution >= 4 is 29.1 Å². The molecule has 3 rings (SSSR count). The Kier molecular flexibility index (Phi) is 8.45. The Bertz CT molecular complexity index is 1210. The van der Waals surface area contributed by atoms with Crippen LogP contribution in [0.15, 0.2) is 42.7 Å². The van der Waals surface area contributed by atoms with E-state index in [4.69, 9.17) is 11.6 Å². The first kappa shape index (κ1) is 29.0. The van der Waals surface area contributed by atoms with Crippen molar-refractivity contribution in [1.29, 1.82) is 5.26 Å². The predicted molar refractivity (Wildman–Crippen MR) is 123 cm³/mol. The predicted octanol–water partition coefficient (Wildman–Crippen LogP) is 5.33. The number of carbonyl (C=O) groups excluding carboxylic acids is 2. The van der Waals surface area contributed by atoms with Crippen molar-refractivity contribution in [2.45, 2.75) is 62.1 Å². The fourth-order valence-corrected chi connectivity index (χ4v) is 4.24. The van der Waals surface area contributed by atoms with Gasteiger partial charge in [0.15, 0.2) is 5.54 Å². The smallest absolute Gasteiger partial charge is 0.406 e. The zero-order chi connectivity index (χ0) is 28.3. The third-order valence-electron chi connectivity index (χ3n) is 6.11. The maximum absolute atomic E-state index is 14.2. The fourth-order valence-electron chi connectivity index (χ4n) is 4.14. The molecule has 1 heterocycles. The van der Waals surface area contributed by atoms with Crippen LogP contribution < -0.4 is 15.0 Å². The molecule has 1 aromatic heterocycles. The molecule has 2 atom stereocenters. The minimum absolute atomic E-state index is 0.0252. The van der Waals surface area contributed by atoms with Crippen LogP contribution in [0, 0.1) is 11.3 Å². The van der Waals surface area contributed by atoms with E-state index in [-0.39, 0.29) is 29.7 Å². The van der Waals surface area contributed by atoms with Gasteiger partial charge in [0.1, 0.15) is 11.8 Å². The molecule has 204 valence electrons. The summed E-state index contributed by atoms with van der Waals surface area (Å²) in [5, 5.41) is 11.9. The number of nitrogens with zero attached hydrogens (tertiary/aromatic N) is 3. The van der Waals surface area contributed by atoms with Crippen LogP contribution in [0.4, 0.5) is 32.0 Å². The van der Waals surface area contributed by atoms with E-state index in [1.54, 1.807) is 0 Å². The Morgan fingerprint density at radius 2 is 1.82 bits per heavy atom. The van der Waals surface area contributed by atoms with Gasteiger partial charge in [-0.05, 0) is 50.1 Å². The van der Waals surface area contributed by atoms with Crippen molar-refractivity contribution in [2.24, 2.45) is 0 Å². The number of pyridine rings is 1. The lowest BCUT2D eigenvalue weighted by atomic mass is 9.86. The van der Waals surface area contributed by atoms with Gasteiger partial charge in [-0.25, -0.2) is 13.2 Å². The molecule has 0 aliphatic heterocycles. The molecule has 0 radical (unpaired) electrons. The van der Waals surface area contributed by atoms with Crippen molar-refractivity contribution in [3.8, 4) is 11.8 Å². The number of anilines is 1. The summed E-state index contributed by atoms with van der Waals surface area (Å²) in [6.45, 7) is 1.19. The molecule has 1 aliphatic rings. The fraction of sp³-hybridized carbons (Fsp3) is 0.417. The molecule has 2 amide bonds. The summed E-state index contributed by atoms with van der Waals surface area (Å²) in [5.74, 6) is -5.94. The number of benzene rings is 1. The first-order valence-electron chi connectivity index (χ1n) is 11.2. The van der Waals surface area contributed by atoms with E-state index in [1.165, 1.54) is 19.2 Å². The van der Waals surface area contributed by atoms with Gasteiger partial charge in [-0.2, -0.15) is 5.26 Å². The Hall–Kier alpha value is -3.53. The van der Waals surface area contributed by atoms with Crippen LogP contribution in [0.2, 0.25) is 0 Å². The maximum Gasteiger partial charge on any atom is 0.573 e. The first-order valence-corrected chi connectivity index (χ1v) is 11.6. The van der Waals surface area contributed by atoms with E-state index in [9.17, 15) is 41.2 Å². The van der Waals surface area contributed by atoms with Crippen molar-refractivity contribution in [1.82, 2.24) is 10.3 Å². The van der Waals surface area contributed by atoms with E-state index in [0.717, 1.165) is 30.5 Å². The van der Waals surface area contributed by atoms with Crippen molar-refractivity contribution in [3.05, 3.63) is 53.9 Å². The third-order valence-corrected chi connectivity index (χ3v) is 6.29. The SMILES string of the molecule is C[C@](C(=O)NC1CCC(F)(F)CC1)(c1cncc(C#N)c1)N(C(=O)[C@H](F)Cl)c1ccc(OC(F)(F)F)cc1. The number of nitrogens with one attached hydrogen (secondary N) is 1. The van der Waals surface area contributed by atoms with Gasteiger partial charge in [0.05, 0.1) is 5.56 Å². The van der Waals surface area contributed by atoms with Gasteiger partial charge in [0, 0.05) is 42.5 Å². The monoisotopic (exact) mass is 562 g/mol. The first-order chi connectivity index (χ1) is 17.7. The Morgan fingerprint density at radius 1 is 1.21 bits per heavy atom. The maximum atomic E-state index is 14.2. The van der Waals surface area contributed by atoms with Crippen LogP contribution in [0.5, 0.6) is 5.75 Å². The van der Waals surface area contributed by atoms with Gasteiger partial charge in [-0.1, -0.05) is 11.6 Å². The normalized spacial score (nSPS) is 18.0. The Labute approximate surface area is 218 Å². The second kappa shape index (κ2) is 11.1. The molecule has 38 heavy (non-hydrogen) atoms. The van der Waals surface area contributed by atoms with Gasteiger partial charge < -0.3 is 10.1 Å². The standard InChI is InChI=1S/C24H21ClF6N4O3/c1-22(15-10-14(11-32)12-33-13-15,21(37)34-16-6-8-23(27,28)9-7-16)35(20(36)19(25)26)17-2-4-18(5-3-17)38-24(29,30)31/h2-5,10,12-13,16,19H,6-9H2,1H3,(H,34,37)/t19-,22+/m0/s1. The molecule has 2 aromatic rings. The molecule has 14 heteroatoms. The molecule has 1 saturated carbocycles. The number of amides is 2. The molecule has 1 aliphatic carbocycles. The highest BCUT2D eigenvalue weighted by atomic mass is 35.5. The highest BCUT2D eigenvalue weighted by Crippen LogP contribution is 2.38. The molecule has 1 N–H and O–H groups in total. The second-order valence-corrected chi connectivity index (χ2v) is 9.15. The van der Waals surface area contributed by atoms with Crippen molar-refractivity contribution in [2.75, 3.05) is 4.90 Å². The van der Waals surface area contributed by atoms with Crippen LogP contribution in [0.3, 0.4) is 0 Å². The number of aromatic nitrogens is 1. The summed E-state index contributed by atoms with van der Waals surface area (Å²) in [6.07, 6.45) is -3.84. The topological polar surface area (TPSA) is 95.3 Å². The quantitative estimate of drug-likeness (QED) is 0.364. The van der Waals surface area contributed by atoms with Crippen LogP contribution in [0.25, 0.3) is 0 Å². The van der Waals surface area contributed by atoms with Crippen LogP contribution in [-0.2, 0) is 15.1 Å². The lowest BCUT2D eigenvalue weighted by molar-refractivity contribution is -0.274. The molecule has 7 nitrogen and oxygen atoms in total. The zero-order valence-electron chi connectivity index (χ0n) is 19.7. The van der Waals surface area contributed by atoms with Crippen LogP contribution in [0.1, 0.15) is 43.7 Å². The van der Waals surface area contributed by atoms with Crippen LogP contribution >= 0.6 is 11.6 Å². The Morgan fingerprint density at radius 3 is 2.34 bits per heavy atom. The lowest BCUT2D eigenvalue weighted by Crippen LogP contribution is -2.60. The van der Waals surface area contributed by atoms with Crippen molar-refractivity contribution in [3.63, 3.8) is 0 Å². The number of halogens is 7. The molecule has 0 unspecified atom stereocenters. The molecule has 0 spiro atoms. The number of rotatable bonds is 7. The second-order valence-electron chi connectivity index (χ2n) is 8.77. The van der Waals surface area contributed by atoms with Crippen molar-refractivity contribution < 1.29 is 40.7 Å². The van der Waals surface area contributed by atoms with Crippen LogP contribution in [-0.4, -0.2) is 40.8 Å². The Balaban J connectivity index is 2.11. The summed E-state index contributed by atoms with van der Waals surface area (Å²) >= 11 is 5.46. The highest BCUT2D eigenvalue weighted by Gasteiger charge is 2.48. The van der Waals surface area contributed by atoms with E-state index < -0.39 is 59.9 Å². The van der Waals surface area contributed by atoms with Gasteiger partial charge in [0.25, 0.3) is 17.4 Å². The van der Waals surface area contributed by atoms with E-state index in [0.29, 0.717) is 4.90 Å². The van der Waals surface area contributed by atoms with Gasteiger partial charge >= 0.3 is 6.36 Å². The number of hydrogen-bond acceptors (Lipinski definition) is 5. The minimum Gasteiger partial charge on any atom is -0.406 e. The molecule has 1 aromatic carbocycles. The van der Waals surface area contributed by atoms with Gasteiger partial charge in [0.2, 0.25) is 5.92 Å². The minimum atomic E-state index is -5.01. The van der Waals surface area contributed by atoms with E-state index >= 15 is 0 Å². The van der Waals surface area contributed by atoms with E-state index in [1.807, 2.05) is 6.07 Å². The third kappa shape index (κ3) is 6.66. The average molecular weight is 563 g/mol. The van der Waals surface area contributed by atoms with E-state index in [2.05, 4.69) is 15.0 Å². The number of ether oxygens (including phenoxy) is 1. The number of hydrogen-bond donors (Lipinski definition) is 1. The summed E-state index contributed by atoms with van der Waals surface area (Å²) in [7, 11) is 0. The number of alkyl halides is 7. The molecular weight excluding hydrogens is 542 g/mol. The molecule has 0 bridgehead atoms. The molecule has 1 fully saturated rings. The zero-order valence-corrected chi connectivity index (χ0v) is 20.5. The number of nitriles is 1. The highest BCUT2D eigenvalue weighted by molar-refractivity contribution is 6.32. The number of carbonyl (C=O) groups is 2. The molecule has 0 saturated heterocycles. The largest absolute Gasteiger partial charge is 0.573 e. The lowest BCUT2D eigenvalue weighted by Gasteiger charge is -2.41. The summed E-state index contributed by atoms with van der Waals surface area (Å²) in [6, 6.07) is 5.96. The average Bonchev–Trinajstić information content (AvgIpc) is 2.85. The van der Waals surface area contributed by atoms with Gasteiger partial charge in [-0.3, -0.25) is 19.5 Å². The van der Waals surface area contributed by atoms with Gasteiger partial charge in [-0.15, -0.1) is 13.2 Å². The summed E-state index contributed by atoms with van der Waals surface area (Å²) in [4.78, 5) is 31.3. The summed E-state index contributed by atoms with van der Waals surface area (Å²) < 4.78 is 83.2. The molecular formula is C24H21ClF6N4O3. The summed E-state index contributed by atoms with van der Waals surface area (Å²) in [5.41, 5.74) is -5.21.